The minimum atomic E-state index is -0.487. The number of amides is 1. The Balaban J connectivity index is 1.62. The van der Waals surface area contributed by atoms with E-state index in [0.29, 0.717) is 19.4 Å². The highest BCUT2D eigenvalue weighted by Gasteiger charge is 2.37. The van der Waals surface area contributed by atoms with Crippen molar-refractivity contribution in [2.24, 2.45) is 0 Å². The van der Waals surface area contributed by atoms with Gasteiger partial charge in [0.1, 0.15) is 12.6 Å². The molecule has 0 bridgehead atoms. The maximum atomic E-state index is 12.5. The zero-order chi connectivity index (χ0) is 17.8. The lowest BCUT2D eigenvalue weighted by molar-refractivity contribution is -0.153. The van der Waals surface area contributed by atoms with Crippen LogP contribution in [0.25, 0.3) is 0 Å². The van der Waals surface area contributed by atoms with Crippen molar-refractivity contribution in [3.8, 4) is 0 Å². The standard InChI is InChI=1S/C21H23NO3/c1-15-3-7-17(8-4-15)13-22-19(11-12-20(22)23)21(24)25-14-18-9-5-16(2)6-10-18/h3-10,19H,11-14H2,1-2H3/t19-/m0/s1. The van der Waals surface area contributed by atoms with Gasteiger partial charge in [0.05, 0.1) is 0 Å². The van der Waals surface area contributed by atoms with Crippen LogP contribution in [0.2, 0.25) is 0 Å². The van der Waals surface area contributed by atoms with Gasteiger partial charge in [-0.3, -0.25) is 4.79 Å². The van der Waals surface area contributed by atoms with Gasteiger partial charge in [0.15, 0.2) is 0 Å². The summed E-state index contributed by atoms with van der Waals surface area (Å²) >= 11 is 0. The topological polar surface area (TPSA) is 46.6 Å². The van der Waals surface area contributed by atoms with Gasteiger partial charge in [0.2, 0.25) is 5.91 Å². The maximum absolute atomic E-state index is 12.5. The molecule has 1 saturated heterocycles. The van der Waals surface area contributed by atoms with Crippen molar-refractivity contribution in [3.63, 3.8) is 0 Å². The Kier molecular flexibility index (Phi) is 5.17. The number of nitrogens with zero attached hydrogens (tertiary/aromatic N) is 1. The van der Waals surface area contributed by atoms with Gasteiger partial charge in [0.25, 0.3) is 0 Å². The van der Waals surface area contributed by atoms with Crippen molar-refractivity contribution in [2.75, 3.05) is 0 Å². The molecular formula is C21H23NO3. The molecule has 1 atom stereocenters. The van der Waals surface area contributed by atoms with Crippen LogP contribution in [0.3, 0.4) is 0 Å². The molecule has 25 heavy (non-hydrogen) atoms. The van der Waals surface area contributed by atoms with Crippen molar-refractivity contribution in [1.82, 2.24) is 4.90 Å². The van der Waals surface area contributed by atoms with E-state index in [1.54, 1.807) is 4.90 Å². The highest BCUT2D eigenvalue weighted by atomic mass is 16.5. The van der Waals surface area contributed by atoms with Crippen molar-refractivity contribution in [1.29, 1.82) is 0 Å². The summed E-state index contributed by atoms with van der Waals surface area (Å²) in [5, 5.41) is 0. The summed E-state index contributed by atoms with van der Waals surface area (Å²) in [5.74, 6) is -0.309. The first-order chi connectivity index (χ1) is 12.0. The summed E-state index contributed by atoms with van der Waals surface area (Å²) in [5.41, 5.74) is 4.32. The van der Waals surface area contributed by atoms with Crippen LogP contribution >= 0.6 is 0 Å². The van der Waals surface area contributed by atoms with Crippen molar-refractivity contribution in [2.45, 2.75) is 45.9 Å². The molecule has 0 spiro atoms. The molecule has 4 heteroatoms. The minimum absolute atomic E-state index is 0.0119. The first-order valence-electron chi connectivity index (χ1n) is 8.60. The van der Waals surface area contributed by atoms with Crippen LogP contribution in [-0.2, 0) is 27.5 Å². The minimum Gasteiger partial charge on any atom is -0.459 e. The smallest absolute Gasteiger partial charge is 0.329 e. The molecule has 1 aliphatic rings. The number of carbonyl (C=O) groups excluding carboxylic acids is 2. The van der Waals surface area contributed by atoms with Gasteiger partial charge in [-0.2, -0.15) is 0 Å². The Labute approximate surface area is 148 Å². The number of benzene rings is 2. The predicted molar refractivity (Wildman–Crippen MR) is 95.7 cm³/mol. The molecule has 130 valence electrons. The van der Waals surface area contributed by atoms with E-state index in [4.69, 9.17) is 4.74 Å². The first kappa shape index (κ1) is 17.2. The quantitative estimate of drug-likeness (QED) is 0.784. The van der Waals surface area contributed by atoms with E-state index in [-0.39, 0.29) is 18.5 Å². The summed E-state index contributed by atoms with van der Waals surface area (Å²) in [6.45, 7) is 4.73. The molecule has 1 amide bonds. The van der Waals surface area contributed by atoms with Crippen molar-refractivity contribution < 1.29 is 14.3 Å². The van der Waals surface area contributed by atoms with Gasteiger partial charge in [-0.1, -0.05) is 59.7 Å². The van der Waals surface area contributed by atoms with E-state index in [0.717, 1.165) is 11.1 Å². The normalized spacial score (nSPS) is 17.0. The second-order valence-electron chi connectivity index (χ2n) is 6.66. The fourth-order valence-electron chi connectivity index (χ4n) is 3.00. The Bertz CT molecular complexity index is 750. The summed E-state index contributed by atoms with van der Waals surface area (Å²) in [7, 11) is 0. The second kappa shape index (κ2) is 7.51. The van der Waals surface area contributed by atoms with Gasteiger partial charge >= 0.3 is 5.97 Å². The second-order valence-corrected chi connectivity index (χ2v) is 6.66. The molecular weight excluding hydrogens is 314 g/mol. The number of hydrogen-bond donors (Lipinski definition) is 0. The number of ether oxygens (including phenoxy) is 1. The first-order valence-corrected chi connectivity index (χ1v) is 8.60. The number of rotatable bonds is 5. The Morgan fingerprint density at radius 2 is 1.56 bits per heavy atom. The monoisotopic (exact) mass is 337 g/mol. The van der Waals surface area contributed by atoms with Gasteiger partial charge < -0.3 is 9.64 Å². The summed E-state index contributed by atoms with van der Waals surface area (Å²) in [6, 6.07) is 15.4. The lowest BCUT2D eigenvalue weighted by Crippen LogP contribution is -2.39. The molecule has 1 fully saturated rings. The van der Waals surface area contributed by atoms with Crippen LogP contribution in [0.4, 0.5) is 0 Å². The lowest BCUT2D eigenvalue weighted by atomic mass is 10.1. The lowest BCUT2D eigenvalue weighted by Gasteiger charge is -2.23. The molecule has 4 nitrogen and oxygen atoms in total. The Hall–Kier alpha value is -2.62. The summed E-state index contributed by atoms with van der Waals surface area (Å²) in [4.78, 5) is 26.3. The van der Waals surface area contributed by atoms with Crippen molar-refractivity contribution in [3.05, 3.63) is 70.8 Å². The van der Waals surface area contributed by atoms with Gasteiger partial charge in [-0.15, -0.1) is 0 Å². The molecule has 0 unspecified atom stereocenters. The highest BCUT2D eigenvalue weighted by molar-refractivity contribution is 5.88. The predicted octanol–water partition coefficient (Wildman–Crippen LogP) is 3.54. The van der Waals surface area contributed by atoms with E-state index in [2.05, 4.69) is 0 Å². The van der Waals surface area contributed by atoms with E-state index in [9.17, 15) is 9.59 Å². The van der Waals surface area contributed by atoms with E-state index >= 15 is 0 Å². The average molecular weight is 337 g/mol. The molecule has 1 aliphatic heterocycles. The molecule has 0 aliphatic carbocycles. The average Bonchev–Trinajstić information content (AvgIpc) is 2.97. The van der Waals surface area contributed by atoms with Crippen LogP contribution in [0.15, 0.2) is 48.5 Å². The Morgan fingerprint density at radius 3 is 2.16 bits per heavy atom. The van der Waals surface area contributed by atoms with Crippen LogP contribution in [0, 0.1) is 13.8 Å². The Morgan fingerprint density at radius 1 is 1.00 bits per heavy atom. The molecule has 0 radical (unpaired) electrons. The molecule has 2 aromatic carbocycles. The van der Waals surface area contributed by atoms with E-state index in [1.807, 2.05) is 62.4 Å². The van der Waals surface area contributed by atoms with Crippen molar-refractivity contribution >= 4 is 11.9 Å². The molecule has 3 rings (SSSR count). The third kappa shape index (κ3) is 4.27. The number of hydrogen-bond acceptors (Lipinski definition) is 3. The maximum Gasteiger partial charge on any atom is 0.329 e. The molecule has 0 saturated carbocycles. The molecule has 0 aromatic heterocycles. The third-order valence-electron chi connectivity index (χ3n) is 4.58. The fraction of sp³-hybridized carbons (Fsp3) is 0.333. The van der Waals surface area contributed by atoms with Crippen LogP contribution in [-0.4, -0.2) is 22.8 Å². The van der Waals surface area contributed by atoms with Crippen LogP contribution in [0.5, 0.6) is 0 Å². The van der Waals surface area contributed by atoms with E-state index < -0.39 is 6.04 Å². The van der Waals surface area contributed by atoms with Gasteiger partial charge in [-0.05, 0) is 31.4 Å². The van der Waals surface area contributed by atoms with Crippen LogP contribution < -0.4 is 0 Å². The number of likely N-dealkylation sites (tertiary alicyclic amines) is 1. The fourth-order valence-corrected chi connectivity index (χ4v) is 3.00. The molecule has 0 N–H and O–H groups in total. The number of esters is 1. The summed E-state index contributed by atoms with van der Waals surface area (Å²) in [6.07, 6.45) is 0.924. The molecule has 2 aromatic rings. The highest BCUT2D eigenvalue weighted by Crippen LogP contribution is 2.23. The summed E-state index contributed by atoms with van der Waals surface area (Å²) < 4.78 is 5.45. The third-order valence-corrected chi connectivity index (χ3v) is 4.58. The SMILES string of the molecule is Cc1ccc(COC(=O)[C@@H]2CCC(=O)N2Cc2ccc(C)cc2)cc1. The van der Waals surface area contributed by atoms with E-state index in [1.165, 1.54) is 11.1 Å². The van der Waals surface area contributed by atoms with Gasteiger partial charge in [-0.25, -0.2) is 4.79 Å². The number of aryl methyl sites for hydroxylation is 2. The van der Waals surface area contributed by atoms with Crippen LogP contribution in [0.1, 0.15) is 35.1 Å². The van der Waals surface area contributed by atoms with Gasteiger partial charge in [0, 0.05) is 13.0 Å². The largest absolute Gasteiger partial charge is 0.459 e. The zero-order valence-electron chi connectivity index (χ0n) is 14.7. The number of carbonyl (C=O) groups is 2. The zero-order valence-corrected chi connectivity index (χ0v) is 14.7. The molecule has 1 heterocycles.